The van der Waals surface area contributed by atoms with Gasteiger partial charge in [0.15, 0.2) is 6.61 Å². The Morgan fingerprint density at radius 3 is 2.45 bits per heavy atom. The van der Waals surface area contributed by atoms with Gasteiger partial charge in [0, 0.05) is 24.0 Å². The Morgan fingerprint density at radius 2 is 1.74 bits per heavy atom. The maximum absolute atomic E-state index is 12.4. The summed E-state index contributed by atoms with van der Waals surface area (Å²) < 4.78 is 10.7. The molecule has 162 valence electrons. The zero-order valence-corrected chi connectivity index (χ0v) is 18.4. The van der Waals surface area contributed by atoms with E-state index in [0.29, 0.717) is 22.1 Å². The molecule has 31 heavy (non-hydrogen) atoms. The number of methoxy groups -OCH3 is 1. The van der Waals surface area contributed by atoms with Crippen molar-refractivity contribution in [1.29, 1.82) is 0 Å². The summed E-state index contributed by atoms with van der Waals surface area (Å²) in [6, 6.07) is 12.1. The first kappa shape index (κ1) is 22.5. The van der Waals surface area contributed by atoms with Crippen molar-refractivity contribution in [2.24, 2.45) is 0 Å². The van der Waals surface area contributed by atoms with Crippen molar-refractivity contribution in [3.63, 3.8) is 0 Å². The molecule has 0 radical (unpaired) electrons. The molecule has 0 atom stereocenters. The van der Waals surface area contributed by atoms with E-state index in [1.165, 1.54) is 0 Å². The fraction of sp³-hybridized carbons (Fsp3) is 0.273. The summed E-state index contributed by atoms with van der Waals surface area (Å²) >= 11 is 3.28. The first-order chi connectivity index (χ1) is 14.9. The number of imide groups is 1. The molecule has 0 aliphatic carbocycles. The minimum absolute atomic E-state index is 0.0111. The third kappa shape index (κ3) is 5.69. The predicted molar refractivity (Wildman–Crippen MR) is 115 cm³/mol. The number of benzene rings is 2. The summed E-state index contributed by atoms with van der Waals surface area (Å²) in [6.45, 7) is 0.00893. The molecule has 0 fully saturated rings. The zero-order chi connectivity index (χ0) is 22.4. The highest BCUT2D eigenvalue weighted by molar-refractivity contribution is 9.10. The van der Waals surface area contributed by atoms with Gasteiger partial charge in [0.25, 0.3) is 17.7 Å². The fourth-order valence-corrected chi connectivity index (χ4v) is 3.42. The number of halogens is 1. The van der Waals surface area contributed by atoms with Gasteiger partial charge in [0.05, 0.1) is 18.2 Å². The third-order valence-corrected chi connectivity index (χ3v) is 5.20. The highest BCUT2D eigenvalue weighted by Gasteiger charge is 2.35. The third-order valence-electron chi connectivity index (χ3n) is 4.71. The quantitative estimate of drug-likeness (QED) is 0.430. The highest BCUT2D eigenvalue weighted by atomic mass is 79.9. The molecule has 1 aliphatic rings. The van der Waals surface area contributed by atoms with Crippen LogP contribution in [0.2, 0.25) is 0 Å². The normalized spacial score (nSPS) is 12.5. The zero-order valence-electron chi connectivity index (χ0n) is 16.9. The molecule has 0 unspecified atom stereocenters. The van der Waals surface area contributed by atoms with Crippen molar-refractivity contribution < 1.29 is 28.7 Å². The van der Waals surface area contributed by atoms with Crippen LogP contribution in [-0.4, -0.2) is 48.9 Å². The van der Waals surface area contributed by atoms with Crippen LogP contribution in [0.3, 0.4) is 0 Å². The molecule has 2 aromatic carbocycles. The second kappa shape index (κ2) is 10.2. The number of nitrogens with one attached hydrogen (secondary N) is 1. The van der Waals surface area contributed by atoms with Crippen LogP contribution in [0, 0.1) is 0 Å². The van der Waals surface area contributed by atoms with Gasteiger partial charge in [0.1, 0.15) is 5.75 Å². The molecule has 0 bridgehead atoms. The van der Waals surface area contributed by atoms with E-state index < -0.39 is 18.5 Å². The fourth-order valence-electron chi connectivity index (χ4n) is 3.06. The molecular weight excluding hydrogens is 468 g/mol. The average Bonchev–Trinajstić information content (AvgIpc) is 3.00. The van der Waals surface area contributed by atoms with Crippen LogP contribution in [0.5, 0.6) is 5.75 Å². The van der Waals surface area contributed by atoms with Crippen molar-refractivity contribution in [3.8, 4) is 5.75 Å². The smallest absolute Gasteiger partial charge is 0.306 e. The van der Waals surface area contributed by atoms with E-state index in [4.69, 9.17) is 9.47 Å². The Kier molecular flexibility index (Phi) is 7.41. The number of carbonyl (C=O) groups is 4. The Labute approximate surface area is 187 Å². The average molecular weight is 489 g/mol. The summed E-state index contributed by atoms with van der Waals surface area (Å²) in [5.74, 6) is -1.03. The van der Waals surface area contributed by atoms with Crippen LogP contribution < -0.4 is 10.1 Å². The summed E-state index contributed by atoms with van der Waals surface area (Å²) in [6.07, 6.45) is 0.238. The van der Waals surface area contributed by atoms with E-state index in [9.17, 15) is 19.2 Å². The standard InChI is InChI=1S/C22H21BrN2O6/c1-30-16-7-4-14(5-8-16)12-24-19(26)13-31-20(27)3-2-10-25-21(28)17-9-6-15(23)11-18(17)22(25)29/h4-9,11H,2-3,10,12-13H2,1H3,(H,24,26). The first-order valence-corrected chi connectivity index (χ1v) is 10.4. The number of fused-ring (bicyclic) bond motifs is 1. The van der Waals surface area contributed by atoms with E-state index in [1.807, 2.05) is 12.1 Å². The van der Waals surface area contributed by atoms with Crippen LogP contribution in [-0.2, 0) is 20.9 Å². The van der Waals surface area contributed by atoms with Crippen LogP contribution in [0.1, 0.15) is 39.1 Å². The number of hydrogen-bond donors (Lipinski definition) is 1. The largest absolute Gasteiger partial charge is 0.497 e. The number of esters is 1. The topological polar surface area (TPSA) is 102 Å². The highest BCUT2D eigenvalue weighted by Crippen LogP contribution is 2.26. The summed E-state index contributed by atoms with van der Waals surface area (Å²) in [5, 5.41) is 2.66. The van der Waals surface area contributed by atoms with E-state index in [-0.39, 0.29) is 31.2 Å². The Bertz CT molecular complexity index is 1010. The minimum atomic E-state index is -0.570. The molecule has 1 aliphatic heterocycles. The monoisotopic (exact) mass is 488 g/mol. The van der Waals surface area contributed by atoms with Crippen molar-refractivity contribution in [2.45, 2.75) is 19.4 Å². The van der Waals surface area contributed by atoms with E-state index in [2.05, 4.69) is 21.2 Å². The van der Waals surface area contributed by atoms with Crippen LogP contribution in [0.4, 0.5) is 0 Å². The number of amides is 3. The van der Waals surface area contributed by atoms with Gasteiger partial charge in [-0.15, -0.1) is 0 Å². The lowest BCUT2D eigenvalue weighted by molar-refractivity contribution is -0.148. The summed E-state index contributed by atoms with van der Waals surface area (Å²) in [5.41, 5.74) is 1.58. The van der Waals surface area contributed by atoms with E-state index in [1.54, 1.807) is 37.4 Å². The second-order valence-corrected chi connectivity index (χ2v) is 7.76. The summed E-state index contributed by atoms with van der Waals surface area (Å²) in [4.78, 5) is 49.6. The maximum atomic E-state index is 12.4. The molecule has 0 spiro atoms. The van der Waals surface area contributed by atoms with Gasteiger partial charge in [0.2, 0.25) is 0 Å². The lowest BCUT2D eigenvalue weighted by Crippen LogP contribution is -2.31. The predicted octanol–water partition coefficient (Wildman–Crippen LogP) is 2.69. The van der Waals surface area contributed by atoms with Crippen LogP contribution in [0.25, 0.3) is 0 Å². The van der Waals surface area contributed by atoms with Gasteiger partial charge in [-0.2, -0.15) is 0 Å². The molecule has 0 aromatic heterocycles. The number of carbonyl (C=O) groups excluding carboxylic acids is 4. The summed E-state index contributed by atoms with van der Waals surface area (Å²) in [7, 11) is 1.57. The van der Waals surface area contributed by atoms with E-state index >= 15 is 0 Å². The molecule has 9 heteroatoms. The van der Waals surface area contributed by atoms with Gasteiger partial charge in [-0.05, 0) is 42.3 Å². The van der Waals surface area contributed by atoms with Crippen molar-refractivity contribution in [3.05, 3.63) is 63.6 Å². The maximum Gasteiger partial charge on any atom is 0.306 e. The number of ether oxygens (including phenoxy) is 2. The molecular formula is C22H21BrN2O6. The van der Waals surface area contributed by atoms with Crippen LogP contribution in [0.15, 0.2) is 46.9 Å². The molecule has 0 saturated carbocycles. The molecule has 8 nitrogen and oxygen atoms in total. The molecule has 0 saturated heterocycles. The van der Waals surface area contributed by atoms with E-state index in [0.717, 1.165) is 16.2 Å². The minimum Gasteiger partial charge on any atom is -0.497 e. The molecule has 1 heterocycles. The van der Waals surface area contributed by atoms with Gasteiger partial charge in [-0.3, -0.25) is 24.1 Å². The number of rotatable bonds is 9. The lowest BCUT2D eigenvalue weighted by atomic mass is 10.1. The van der Waals surface area contributed by atoms with Crippen LogP contribution >= 0.6 is 15.9 Å². The molecule has 3 amide bonds. The van der Waals surface area contributed by atoms with Gasteiger partial charge >= 0.3 is 5.97 Å². The SMILES string of the molecule is COc1ccc(CNC(=O)COC(=O)CCCN2C(=O)c3ccc(Br)cc3C2=O)cc1. The Hall–Kier alpha value is -3.20. The van der Waals surface area contributed by atoms with Gasteiger partial charge < -0.3 is 14.8 Å². The first-order valence-electron chi connectivity index (χ1n) is 9.60. The lowest BCUT2D eigenvalue weighted by Gasteiger charge is -2.13. The number of hydrogen-bond acceptors (Lipinski definition) is 6. The van der Waals surface area contributed by atoms with Crippen molar-refractivity contribution in [1.82, 2.24) is 10.2 Å². The van der Waals surface area contributed by atoms with Crippen molar-refractivity contribution in [2.75, 3.05) is 20.3 Å². The van der Waals surface area contributed by atoms with Gasteiger partial charge in [-0.1, -0.05) is 28.1 Å². The second-order valence-electron chi connectivity index (χ2n) is 6.84. The molecule has 3 rings (SSSR count). The Morgan fingerprint density at radius 1 is 1.03 bits per heavy atom. The molecule has 1 N–H and O–H groups in total. The Balaban J connectivity index is 1.36. The molecule has 2 aromatic rings. The van der Waals surface area contributed by atoms with Crippen molar-refractivity contribution >= 4 is 39.6 Å². The van der Waals surface area contributed by atoms with Gasteiger partial charge in [-0.25, -0.2) is 0 Å². The number of nitrogens with zero attached hydrogens (tertiary/aromatic N) is 1.